The molecular formula is C10H18Cl2Si2Sn. The van der Waals surface area contributed by atoms with Crippen LogP contribution in [0.4, 0.5) is 0 Å². The summed E-state index contributed by atoms with van der Waals surface area (Å²) in [5, 5.41) is 0. The first kappa shape index (κ1) is 15.9. The van der Waals surface area contributed by atoms with Crippen molar-refractivity contribution < 1.29 is 0 Å². The number of halogens is 2. The van der Waals surface area contributed by atoms with Gasteiger partial charge in [0.15, 0.2) is 0 Å². The molecule has 0 fully saturated rings. The maximum absolute atomic E-state index is 6.22. The standard InChI is InChI=1S/2C5H9Si.2ClH.Sn/c2*1-5-6(2,3)4;;;/h2*2-4H3;2*1H;/q;;;;+2/p-2. The summed E-state index contributed by atoms with van der Waals surface area (Å²) < 4.78 is 6.15. The molecule has 0 rings (SSSR count). The fourth-order valence-electron chi connectivity index (χ4n) is 0.563. The van der Waals surface area contributed by atoms with Gasteiger partial charge in [0.05, 0.1) is 0 Å². The molecule has 0 bridgehead atoms. The maximum atomic E-state index is 6.22. The van der Waals surface area contributed by atoms with Gasteiger partial charge in [-0.2, -0.15) is 0 Å². The molecule has 0 aromatic rings. The zero-order chi connectivity index (χ0) is 12.3. The third-order valence-electron chi connectivity index (χ3n) is 1.19. The van der Waals surface area contributed by atoms with Gasteiger partial charge in [0.2, 0.25) is 0 Å². The predicted octanol–water partition coefficient (Wildman–Crippen LogP) is 3.75. The van der Waals surface area contributed by atoms with Gasteiger partial charge in [0, 0.05) is 0 Å². The molecule has 0 aromatic carbocycles. The van der Waals surface area contributed by atoms with Crippen molar-refractivity contribution in [3.8, 4) is 19.0 Å². The summed E-state index contributed by atoms with van der Waals surface area (Å²) >= 11 is -3.37. The second-order valence-electron chi connectivity index (χ2n) is 5.57. The van der Waals surface area contributed by atoms with Crippen LogP contribution in [0.15, 0.2) is 0 Å². The van der Waals surface area contributed by atoms with E-state index >= 15 is 0 Å². The SMILES string of the molecule is C[Si](C)(C)C#[C][Sn]([Cl])([Cl])[C]#C[Si](C)(C)C. The summed E-state index contributed by atoms with van der Waals surface area (Å²) in [4.78, 5) is 0. The molecule has 0 heterocycles. The van der Waals surface area contributed by atoms with Crippen LogP contribution in [0, 0.1) is 19.0 Å². The van der Waals surface area contributed by atoms with Crippen LogP contribution in [-0.2, 0) is 0 Å². The topological polar surface area (TPSA) is 0 Å². The van der Waals surface area contributed by atoms with Crippen LogP contribution in [0.1, 0.15) is 0 Å². The summed E-state index contributed by atoms with van der Waals surface area (Å²) in [6.45, 7) is 13.1. The monoisotopic (exact) mass is 384 g/mol. The zero-order valence-electron chi connectivity index (χ0n) is 10.3. The Morgan fingerprint density at radius 2 is 1.00 bits per heavy atom. The summed E-state index contributed by atoms with van der Waals surface area (Å²) in [5.74, 6) is 0. The van der Waals surface area contributed by atoms with E-state index in [1.807, 2.05) is 0 Å². The van der Waals surface area contributed by atoms with E-state index in [4.69, 9.17) is 17.8 Å². The van der Waals surface area contributed by atoms with Crippen molar-refractivity contribution in [3.05, 3.63) is 0 Å². The molecule has 0 aliphatic heterocycles. The first-order valence-electron chi connectivity index (χ1n) is 4.88. The average molecular weight is 384 g/mol. The molecule has 5 heteroatoms. The van der Waals surface area contributed by atoms with Crippen molar-refractivity contribution in [1.82, 2.24) is 0 Å². The van der Waals surface area contributed by atoms with E-state index in [1.165, 1.54) is 0 Å². The summed E-state index contributed by atoms with van der Waals surface area (Å²) in [6.07, 6.45) is 0. The quantitative estimate of drug-likeness (QED) is 0.441. The van der Waals surface area contributed by atoms with Gasteiger partial charge < -0.3 is 0 Å². The molecule has 0 unspecified atom stereocenters. The first-order valence-corrected chi connectivity index (χ1v) is 22.0. The molecule has 0 saturated heterocycles. The second-order valence-corrected chi connectivity index (χ2v) is 28.7. The fourth-order valence-corrected chi connectivity index (χ4v) is 14.7. The van der Waals surface area contributed by atoms with Crippen LogP contribution in [0.3, 0.4) is 0 Å². The van der Waals surface area contributed by atoms with E-state index in [1.54, 1.807) is 0 Å². The molecule has 0 N–H and O–H groups in total. The van der Waals surface area contributed by atoms with Crippen molar-refractivity contribution in [2.24, 2.45) is 0 Å². The fraction of sp³-hybridized carbons (Fsp3) is 0.600. The van der Waals surface area contributed by atoms with Crippen molar-refractivity contribution in [2.75, 3.05) is 0 Å². The molecule has 0 aliphatic carbocycles. The summed E-state index contributed by atoms with van der Waals surface area (Å²) in [6, 6.07) is 0. The minimum atomic E-state index is -3.37. The predicted molar refractivity (Wildman–Crippen MR) is 79.7 cm³/mol. The van der Waals surface area contributed by atoms with Crippen molar-refractivity contribution in [2.45, 2.75) is 39.3 Å². The molecule has 0 atom stereocenters. The normalized spacial score (nSPS) is 12.3. The second kappa shape index (κ2) is 5.51. The Hall–Kier alpha value is 0.932. The van der Waals surface area contributed by atoms with E-state index < -0.39 is 32.3 Å². The van der Waals surface area contributed by atoms with E-state index in [2.05, 4.69) is 58.2 Å². The van der Waals surface area contributed by atoms with Crippen LogP contribution in [-0.4, -0.2) is 32.3 Å². The Kier molecular flexibility index (Phi) is 5.85. The molecule has 0 amide bonds. The summed E-state index contributed by atoms with van der Waals surface area (Å²) in [5.41, 5.74) is 6.46. The van der Waals surface area contributed by atoms with Crippen LogP contribution < -0.4 is 0 Å². The summed E-state index contributed by atoms with van der Waals surface area (Å²) in [7, 11) is 9.69. The van der Waals surface area contributed by atoms with Crippen LogP contribution in [0.5, 0.6) is 0 Å². The van der Waals surface area contributed by atoms with Crippen molar-refractivity contribution in [3.63, 3.8) is 0 Å². The molecule has 15 heavy (non-hydrogen) atoms. The van der Waals surface area contributed by atoms with E-state index in [-0.39, 0.29) is 0 Å². The van der Waals surface area contributed by atoms with Gasteiger partial charge in [0.1, 0.15) is 0 Å². The number of rotatable bonds is 0. The number of hydrogen-bond donors (Lipinski definition) is 0. The van der Waals surface area contributed by atoms with Crippen molar-refractivity contribution in [1.29, 1.82) is 0 Å². The van der Waals surface area contributed by atoms with Gasteiger partial charge in [-0.1, -0.05) is 0 Å². The first-order chi connectivity index (χ1) is 6.41. The number of hydrogen-bond acceptors (Lipinski definition) is 0. The molecule has 0 saturated carbocycles. The van der Waals surface area contributed by atoms with Gasteiger partial charge in [-0.3, -0.25) is 0 Å². The van der Waals surface area contributed by atoms with Crippen LogP contribution in [0.2, 0.25) is 39.3 Å². The third kappa shape index (κ3) is 11.2. The van der Waals surface area contributed by atoms with Gasteiger partial charge in [0.25, 0.3) is 0 Å². The molecule has 84 valence electrons. The van der Waals surface area contributed by atoms with Crippen LogP contribution >= 0.6 is 17.8 Å². The molecule has 0 nitrogen and oxygen atoms in total. The molecule has 0 aliphatic rings. The third-order valence-corrected chi connectivity index (χ3v) is 9.41. The molecule has 0 aromatic heterocycles. The van der Waals surface area contributed by atoms with E-state index in [9.17, 15) is 0 Å². The van der Waals surface area contributed by atoms with Gasteiger partial charge in [-0.25, -0.2) is 0 Å². The molecule has 0 spiro atoms. The average Bonchev–Trinajstić information content (AvgIpc) is 1.96. The Labute approximate surface area is 107 Å². The van der Waals surface area contributed by atoms with Gasteiger partial charge >= 0.3 is 108 Å². The van der Waals surface area contributed by atoms with Crippen LogP contribution in [0.25, 0.3) is 0 Å². The van der Waals surface area contributed by atoms with Crippen molar-refractivity contribution >= 4 is 50.1 Å². The Bertz CT molecular complexity index is 308. The minimum absolute atomic E-state index is 1.38. The van der Waals surface area contributed by atoms with Gasteiger partial charge in [-0.05, 0) is 0 Å². The Morgan fingerprint density at radius 3 is 1.20 bits per heavy atom. The van der Waals surface area contributed by atoms with E-state index in [0.717, 1.165) is 0 Å². The van der Waals surface area contributed by atoms with E-state index in [0.29, 0.717) is 0 Å². The van der Waals surface area contributed by atoms with Gasteiger partial charge in [-0.15, -0.1) is 0 Å². The molecular weight excluding hydrogens is 366 g/mol. The zero-order valence-corrected chi connectivity index (χ0v) is 16.6. The molecule has 0 radical (unpaired) electrons. The Balaban J connectivity index is 4.82. The Morgan fingerprint density at radius 1 is 0.733 bits per heavy atom.